The third kappa shape index (κ3) is 6.90. The van der Waals surface area contributed by atoms with Crippen LogP contribution in [0.5, 0.6) is 11.6 Å². The van der Waals surface area contributed by atoms with Gasteiger partial charge in [0.25, 0.3) is 0 Å². The molecule has 11 nitrogen and oxygen atoms in total. The molecule has 1 aromatic heterocycles. The predicted octanol–water partition coefficient (Wildman–Crippen LogP) is 3.39. The molecular weight excluding hydrogens is 522 g/mol. The number of nitrogens with zero attached hydrogens (tertiary/aromatic N) is 5. The third-order valence-electron chi connectivity index (χ3n) is 7.11. The van der Waals surface area contributed by atoms with Gasteiger partial charge in [-0.1, -0.05) is 18.2 Å². The van der Waals surface area contributed by atoms with Crippen molar-refractivity contribution in [3.63, 3.8) is 0 Å². The summed E-state index contributed by atoms with van der Waals surface area (Å²) in [4.78, 5) is 38.7. The van der Waals surface area contributed by atoms with Crippen LogP contribution in [0.1, 0.15) is 19.8 Å². The van der Waals surface area contributed by atoms with E-state index in [1.165, 1.54) is 12.3 Å². The van der Waals surface area contributed by atoms with E-state index in [2.05, 4.69) is 51.1 Å². The highest BCUT2D eigenvalue weighted by molar-refractivity contribution is 6.31. The molecule has 0 unspecified atom stereocenters. The van der Waals surface area contributed by atoms with Gasteiger partial charge in [-0.25, -0.2) is 4.98 Å². The first-order valence-electron chi connectivity index (χ1n) is 12.9. The minimum atomic E-state index is -0.312. The molecule has 2 amide bonds. The summed E-state index contributed by atoms with van der Waals surface area (Å²) in [5.41, 5.74) is 2.05. The fourth-order valence-electron chi connectivity index (χ4n) is 4.77. The molecule has 4 rings (SSSR count). The maximum Gasteiger partial charge on any atom is 0.247 e. The summed E-state index contributed by atoms with van der Waals surface area (Å²) < 4.78 is 11.6. The number of anilines is 4. The van der Waals surface area contributed by atoms with Crippen LogP contribution >= 0.6 is 11.6 Å². The van der Waals surface area contributed by atoms with Gasteiger partial charge in [-0.3, -0.25) is 9.59 Å². The minimum Gasteiger partial charge on any atom is -0.494 e. The monoisotopic (exact) mass is 557 g/mol. The minimum absolute atomic E-state index is 0.0551. The summed E-state index contributed by atoms with van der Waals surface area (Å²) in [7, 11) is 5.79. The molecule has 2 saturated heterocycles. The smallest absolute Gasteiger partial charge is 0.247 e. The van der Waals surface area contributed by atoms with Crippen LogP contribution in [0.15, 0.2) is 31.0 Å². The molecule has 2 aliphatic heterocycles. The van der Waals surface area contributed by atoms with E-state index >= 15 is 0 Å². The standard InChI is InChI=1S/C27H36ClN7O4/c1-6-25(37)30-21-11-22(24(38-5)12-23(21)34-9-7-19(8-10-34)33(3)4)31-27-29-13-20(28)26(32-27)39-16-18-14-35(15-18)17(2)36/h6,11-13,18-19H,1,7-10,14-16H2,2-5H3,(H,30,37)(H,29,31,32). The normalized spacial score (nSPS) is 16.1. The number of hydrogen-bond acceptors (Lipinski definition) is 9. The van der Waals surface area contributed by atoms with E-state index in [0.29, 0.717) is 42.9 Å². The van der Waals surface area contributed by atoms with Gasteiger partial charge in [0.1, 0.15) is 10.8 Å². The number of carbonyl (C=O) groups excluding carboxylic acids is 2. The summed E-state index contributed by atoms with van der Waals surface area (Å²) in [6.07, 6.45) is 4.73. The van der Waals surface area contributed by atoms with Crippen LogP contribution in [0, 0.1) is 5.92 Å². The Balaban J connectivity index is 1.54. The van der Waals surface area contributed by atoms with Crippen molar-refractivity contribution in [2.45, 2.75) is 25.8 Å². The van der Waals surface area contributed by atoms with Crippen molar-refractivity contribution < 1.29 is 19.1 Å². The van der Waals surface area contributed by atoms with Crippen molar-refractivity contribution in [2.75, 3.05) is 69.5 Å². The number of halogens is 1. The van der Waals surface area contributed by atoms with E-state index in [-0.39, 0.29) is 34.6 Å². The van der Waals surface area contributed by atoms with Crippen LogP contribution in [0.25, 0.3) is 0 Å². The van der Waals surface area contributed by atoms with Gasteiger partial charge in [0.05, 0.1) is 37.0 Å². The van der Waals surface area contributed by atoms with Crippen LogP contribution in [-0.2, 0) is 9.59 Å². The fraction of sp³-hybridized carbons (Fsp3) is 0.481. The average Bonchev–Trinajstić information content (AvgIpc) is 2.89. The number of aromatic nitrogens is 2. The second kappa shape index (κ2) is 12.5. The van der Waals surface area contributed by atoms with Crippen LogP contribution in [0.4, 0.5) is 23.0 Å². The molecule has 0 spiro atoms. The van der Waals surface area contributed by atoms with Crippen LogP contribution in [0.2, 0.25) is 5.02 Å². The number of carbonyl (C=O) groups is 2. The van der Waals surface area contributed by atoms with E-state index in [4.69, 9.17) is 21.1 Å². The van der Waals surface area contributed by atoms with Gasteiger partial charge in [0.15, 0.2) is 0 Å². The maximum atomic E-state index is 12.3. The number of piperidine rings is 1. The van der Waals surface area contributed by atoms with Crippen LogP contribution in [-0.4, -0.2) is 91.6 Å². The molecule has 0 aliphatic carbocycles. The summed E-state index contributed by atoms with van der Waals surface area (Å²) in [5.74, 6) is 1.04. The van der Waals surface area contributed by atoms with Gasteiger partial charge >= 0.3 is 0 Å². The van der Waals surface area contributed by atoms with E-state index in [0.717, 1.165) is 31.6 Å². The lowest BCUT2D eigenvalue weighted by atomic mass is 10.0. The zero-order valence-electron chi connectivity index (χ0n) is 22.9. The molecule has 2 aromatic rings. The first kappa shape index (κ1) is 28.4. The maximum absolute atomic E-state index is 12.3. The van der Waals surface area contributed by atoms with E-state index in [1.807, 2.05) is 6.07 Å². The van der Waals surface area contributed by atoms with Crippen molar-refractivity contribution in [1.29, 1.82) is 0 Å². The van der Waals surface area contributed by atoms with Gasteiger partial charge in [-0.2, -0.15) is 4.98 Å². The number of likely N-dealkylation sites (tertiary alicyclic amines) is 1. The Morgan fingerprint density at radius 2 is 1.95 bits per heavy atom. The molecule has 0 atom stereocenters. The highest BCUT2D eigenvalue weighted by Gasteiger charge is 2.29. The van der Waals surface area contributed by atoms with Crippen molar-refractivity contribution in [3.05, 3.63) is 36.0 Å². The number of hydrogen-bond donors (Lipinski definition) is 2. The number of methoxy groups -OCH3 is 1. The van der Waals surface area contributed by atoms with Crippen LogP contribution in [0.3, 0.4) is 0 Å². The second-order valence-electron chi connectivity index (χ2n) is 10.0. The number of benzene rings is 1. The van der Waals surface area contributed by atoms with Crippen molar-refractivity contribution in [1.82, 2.24) is 19.8 Å². The number of amides is 2. The van der Waals surface area contributed by atoms with Gasteiger partial charge in [-0.15, -0.1) is 0 Å². The molecule has 12 heteroatoms. The number of nitrogens with one attached hydrogen (secondary N) is 2. The first-order valence-corrected chi connectivity index (χ1v) is 13.3. The molecule has 210 valence electrons. The van der Waals surface area contributed by atoms with Crippen molar-refractivity contribution in [2.24, 2.45) is 5.92 Å². The largest absolute Gasteiger partial charge is 0.494 e. The highest BCUT2D eigenvalue weighted by atomic mass is 35.5. The Bertz CT molecular complexity index is 1210. The topological polar surface area (TPSA) is 112 Å². The molecule has 0 radical (unpaired) electrons. The van der Waals surface area contributed by atoms with E-state index in [9.17, 15) is 9.59 Å². The van der Waals surface area contributed by atoms with E-state index in [1.54, 1.807) is 25.0 Å². The summed E-state index contributed by atoms with van der Waals surface area (Å²) in [6.45, 7) is 8.53. The molecule has 2 fully saturated rings. The molecule has 0 bridgehead atoms. The van der Waals surface area contributed by atoms with Crippen LogP contribution < -0.4 is 25.0 Å². The van der Waals surface area contributed by atoms with Crippen molar-refractivity contribution >= 4 is 46.4 Å². The Labute approximate surface area is 234 Å². The molecular formula is C27H36ClN7O4. The van der Waals surface area contributed by atoms with Gasteiger partial charge in [-0.05, 0) is 39.1 Å². The molecule has 39 heavy (non-hydrogen) atoms. The van der Waals surface area contributed by atoms with Gasteiger partial charge in [0, 0.05) is 51.1 Å². The van der Waals surface area contributed by atoms with Gasteiger partial charge in [0.2, 0.25) is 23.6 Å². The van der Waals surface area contributed by atoms with E-state index < -0.39 is 0 Å². The zero-order valence-corrected chi connectivity index (χ0v) is 23.6. The SMILES string of the molecule is C=CC(=O)Nc1cc(Nc2ncc(Cl)c(OCC3CN(C(C)=O)C3)n2)c(OC)cc1N1CCC(N(C)C)CC1. The molecule has 2 N–H and O–H groups in total. The molecule has 3 heterocycles. The molecule has 1 aromatic carbocycles. The Morgan fingerprint density at radius 3 is 2.56 bits per heavy atom. The summed E-state index contributed by atoms with van der Waals surface area (Å²) in [5, 5.41) is 6.38. The highest BCUT2D eigenvalue weighted by Crippen LogP contribution is 2.39. The lowest BCUT2D eigenvalue weighted by Gasteiger charge is -2.38. The number of ether oxygens (including phenoxy) is 2. The quantitative estimate of drug-likeness (QED) is 0.424. The van der Waals surface area contributed by atoms with Crippen molar-refractivity contribution in [3.8, 4) is 11.6 Å². The summed E-state index contributed by atoms with van der Waals surface area (Å²) in [6, 6.07) is 4.23. The fourth-order valence-corrected chi connectivity index (χ4v) is 4.91. The Kier molecular flexibility index (Phi) is 9.13. The Hall–Kier alpha value is -3.57. The third-order valence-corrected chi connectivity index (χ3v) is 7.37. The lowest BCUT2D eigenvalue weighted by Crippen LogP contribution is -2.51. The Morgan fingerprint density at radius 1 is 1.23 bits per heavy atom. The average molecular weight is 558 g/mol. The first-order chi connectivity index (χ1) is 18.7. The molecule has 0 saturated carbocycles. The lowest BCUT2D eigenvalue weighted by molar-refractivity contribution is -0.135. The zero-order chi connectivity index (χ0) is 28.1. The summed E-state index contributed by atoms with van der Waals surface area (Å²) >= 11 is 6.28. The van der Waals surface area contributed by atoms with Gasteiger partial charge < -0.3 is 34.8 Å². The number of rotatable bonds is 10. The molecule has 2 aliphatic rings. The predicted molar refractivity (Wildman–Crippen MR) is 152 cm³/mol. The second-order valence-corrected chi connectivity index (χ2v) is 10.4.